The molecule has 0 radical (unpaired) electrons. The minimum Gasteiger partial charge on any atom is -0.378 e. The third kappa shape index (κ3) is 4.64. The average molecular weight is 422 g/mol. The van der Waals surface area contributed by atoms with Crippen LogP contribution in [-0.2, 0) is 11.4 Å². The summed E-state index contributed by atoms with van der Waals surface area (Å²) in [6, 6.07) is 10.1. The third-order valence-electron chi connectivity index (χ3n) is 5.23. The van der Waals surface area contributed by atoms with Crippen molar-refractivity contribution < 1.29 is 13.9 Å². The van der Waals surface area contributed by atoms with Crippen LogP contribution >= 0.6 is 0 Å². The molecule has 3 aromatic rings. The molecule has 3 heterocycles. The van der Waals surface area contributed by atoms with E-state index in [1.54, 1.807) is 30.6 Å². The van der Waals surface area contributed by atoms with E-state index >= 15 is 0 Å². The molecule has 2 N–H and O–H groups in total. The fraction of sp³-hybridized carbons (Fsp3) is 0.261. The number of aromatic amines is 1. The van der Waals surface area contributed by atoms with Crippen LogP contribution in [0.2, 0.25) is 0 Å². The number of amides is 1. The minimum absolute atomic E-state index is 0.159. The number of benzene rings is 1. The molecule has 4 rings (SSSR count). The molecule has 160 valence electrons. The fourth-order valence-electron chi connectivity index (χ4n) is 3.56. The van der Waals surface area contributed by atoms with Crippen LogP contribution in [0.15, 0.2) is 53.6 Å². The number of nitrogens with zero attached hydrogens (tertiary/aromatic N) is 2. The summed E-state index contributed by atoms with van der Waals surface area (Å²) in [6.45, 7) is 3.70. The minimum atomic E-state index is -0.630. The smallest absolute Gasteiger partial charge is 0.271 e. The number of H-pyrrole nitrogens is 1. The lowest BCUT2D eigenvalue weighted by Gasteiger charge is -2.28. The highest BCUT2D eigenvalue weighted by Gasteiger charge is 2.16. The number of carbonyl (C=O) groups is 1. The molecular formula is C23H23FN4O3. The highest BCUT2D eigenvalue weighted by molar-refractivity contribution is 6.04. The van der Waals surface area contributed by atoms with Crippen molar-refractivity contribution in [2.24, 2.45) is 0 Å². The molecule has 1 amide bonds. The number of carbonyl (C=O) groups excluding carboxylic acids is 1. The normalized spacial score (nSPS) is 13.8. The second kappa shape index (κ2) is 9.09. The predicted octanol–water partition coefficient (Wildman–Crippen LogP) is 3.30. The Kier molecular flexibility index (Phi) is 6.08. The van der Waals surface area contributed by atoms with Gasteiger partial charge in [-0.2, -0.15) is 0 Å². The Morgan fingerprint density at radius 2 is 2.06 bits per heavy atom. The zero-order chi connectivity index (χ0) is 21.8. The van der Waals surface area contributed by atoms with Crippen LogP contribution in [0, 0.1) is 6.92 Å². The first-order chi connectivity index (χ1) is 15.0. The van der Waals surface area contributed by atoms with E-state index in [2.05, 4.69) is 15.3 Å². The Hall–Kier alpha value is -3.52. The van der Waals surface area contributed by atoms with E-state index in [1.807, 2.05) is 24.0 Å². The van der Waals surface area contributed by atoms with Gasteiger partial charge in [0.1, 0.15) is 12.4 Å². The van der Waals surface area contributed by atoms with Gasteiger partial charge in [0.2, 0.25) is 0 Å². The second-order valence-corrected chi connectivity index (χ2v) is 7.35. The number of anilines is 2. The predicted molar refractivity (Wildman–Crippen MR) is 117 cm³/mol. The van der Waals surface area contributed by atoms with E-state index in [-0.39, 0.29) is 11.5 Å². The first-order valence-corrected chi connectivity index (χ1v) is 10.0. The number of morpholine rings is 1. The van der Waals surface area contributed by atoms with Crippen molar-refractivity contribution in [1.82, 2.24) is 9.97 Å². The standard InChI is InChI=1S/C23H23FN4O3/c1-15-20(18-10-21(23(30)26-13-18)28-5-7-31-8-6-28)11-19(14-25-15)27-22(29)17-4-2-3-16(9-17)12-24/h2-4,9-11,13-14H,5-8,12H2,1H3,(H,26,30)(H,27,29). The molecule has 31 heavy (non-hydrogen) atoms. The number of rotatable bonds is 5. The zero-order valence-electron chi connectivity index (χ0n) is 17.2. The molecular weight excluding hydrogens is 399 g/mol. The Bertz CT molecular complexity index is 1160. The lowest BCUT2D eigenvalue weighted by atomic mass is 10.0. The molecule has 1 aliphatic rings. The van der Waals surface area contributed by atoms with E-state index in [9.17, 15) is 14.0 Å². The molecule has 0 aliphatic carbocycles. The van der Waals surface area contributed by atoms with Crippen LogP contribution in [0.3, 0.4) is 0 Å². The number of nitrogens with one attached hydrogen (secondary N) is 2. The quantitative estimate of drug-likeness (QED) is 0.659. The van der Waals surface area contributed by atoms with Crippen molar-refractivity contribution in [3.63, 3.8) is 0 Å². The Balaban J connectivity index is 1.62. The van der Waals surface area contributed by atoms with E-state index in [1.165, 1.54) is 6.07 Å². The first kappa shape index (κ1) is 20.7. The summed E-state index contributed by atoms with van der Waals surface area (Å²) in [4.78, 5) is 34.2. The Labute approximate surface area is 178 Å². The van der Waals surface area contributed by atoms with Crippen molar-refractivity contribution in [2.45, 2.75) is 13.6 Å². The van der Waals surface area contributed by atoms with E-state index in [0.29, 0.717) is 48.8 Å². The van der Waals surface area contributed by atoms with Crippen LogP contribution in [-0.4, -0.2) is 42.2 Å². The molecule has 0 atom stereocenters. The summed E-state index contributed by atoms with van der Waals surface area (Å²) in [6.07, 6.45) is 3.22. The highest BCUT2D eigenvalue weighted by Crippen LogP contribution is 2.27. The summed E-state index contributed by atoms with van der Waals surface area (Å²) in [5.41, 5.74) is 4.09. The number of halogens is 1. The van der Waals surface area contributed by atoms with Gasteiger partial charge in [-0.3, -0.25) is 14.6 Å². The lowest BCUT2D eigenvalue weighted by Crippen LogP contribution is -2.39. The molecule has 8 heteroatoms. The second-order valence-electron chi connectivity index (χ2n) is 7.35. The van der Waals surface area contributed by atoms with Gasteiger partial charge < -0.3 is 19.9 Å². The van der Waals surface area contributed by atoms with Crippen molar-refractivity contribution in [3.05, 3.63) is 76.0 Å². The molecule has 1 fully saturated rings. The molecule has 2 aromatic heterocycles. The fourth-order valence-corrected chi connectivity index (χ4v) is 3.56. The number of ether oxygens (including phenoxy) is 1. The van der Waals surface area contributed by atoms with Gasteiger partial charge in [-0.1, -0.05) is 12.1 Å². The molecule has 0 saturated carbocycles. The summed E-state index contributed by atoms with van der Waals surface area (Å²) >= 11 is 0. The van der Waals surface area contributed by atoms with Gasteiger partial charge in [-0.15, -0.1) is 0 Å². The molecule has 0 bridgehead atoms. The summed E-state index contributed by atoms with van der Waals surface area (Å²) in [5, 5.41) is 2.81. The SMILES string of the molecule is Cc1ncc(NC(=O)c2cccc(CF)c2)cc1-c1c[nH]c(=O)c(N2CCOCC2)c1. The maximum atomic E-state index is 12.9. The van der Waals surface area contributed by atoms with Crippen LogP contribution in [0.1, 0.15) is 21.6 Å². The van der Waals surface area contributed by atoms with E-state index in [4.69, 9.17) is 4.74 Å². The largest absolute Gasteiger partial charge is 0.378 e. The van der Waals surface area contributed by atoms with Crippen molar-refractivity contribution >= 4 is 17.3 Å². The molecule has 0 unspecified atom stereocenters. The summed E-state index contributed by atoms with van der Waals surface area (Å²) in [7, 11) is 0. The van der Waals surface area contributed by atoms with Gasteiger partial charge in [-0.05, 0) is 36.8 Å². The first-order valence-electron chi connectivity index (χ1n) is 10.0. The highest BCUT2D eigenvalue weighted by atomic mass is 19.1. The average Bonchev–Trinajstić information content (AvgIpc) is 2.81. The van der Waals surface area contributed by atoms with Crippen molar-refractivity contribution in [2.75, 3.05) is 36.5 Å². The third-order valence-corrected chi connectivity index (χ3v) is 5.23. The van der Waals surface area contributed by atoms with Gasteiger partial charge in [0.25, 0.3) is 11.5 Å². The number of alkyl halides is 1. The van der Waals surface area contributed by atoms with Gasteiger partial charge in [0.15, 0.2) is 0 Å². The number of hydrogen-bond donors (Lipinski definition) is 2. The summed E-state index contributed by atoms with van der Waals surface area (Å²) in [5.74, 6) is -0.345. The van der Waals surface area contributed by atoms with Gasteiger partial charge in [-0.25, -0.2) is 4.39 Å². The van der Waals surface area contributed by atoms with Gasteiger partial charge in [0.05, 0.1) is 25.1 Å². The van der Waals surface area contributed by atoms with Crippen LogP contribution in [0.5, 0.6) is 0 Å². The Morgan fingerprint density at radius 3 is 2.84 bits per heavy atom. The maximum absolute atomic E-state index is 12.9. The molecule has 7 nitrogen and oxygen atoms in total. The maximum Gasteiger partial charge on any atom is 0.271 e. The number of aromatic nitrogens is 2. The van der Waals surface area contributed by atoms with Gasteiger partial charge in [0, 0.05) is 41.7 Å². The van der Waals surface area contributed by atoms with Crippen molar-refractivity contribution in [3.8, 4) is 11.1 Å². The van der Waals surface area contributed by atoms with Crippen LogP contribution < -0.4 is 15.8 Å². The number of aryl methyl sites for hydroxylation is 1. The van der Waals surface area contributed by atoms with Crippen LogP contribution in [0.4, 0.5) is 15.8 Å². The van der Waals surface area contributed by atoms with E-state index in [0.717, 1.165) is 16.8 Å². The number of hydrogen-bond acceptors (Lipinski definition) is 5. The summed E-state index contributed by atoms with van der Waals surface area (Å²) < 4.78 is 18.3. The molecule has 1 aliphatic heterocycles. The molecule has 0 spiro atoms. The van der Waals surface area contributed by atoms with Crippen molar-refractivity contribution in [1.29, 1.82) is 0 Å². The number of pyridine rings is 2. The molecule has 1 aromatic carbocycles. The zero-order valence-corrected chi connectivity index (χ0v) is 17.2. The lowest BCUT2D eigenvalue weighted by molar-refractivity contribution is 0.102. The monoisotopic (exact) mass is 422 g/mol. The van der Waals surface area contributed by atoms with Crippen LogP contribution in [0.25, 0.3) is 11.1 Å². The topological polar surface area (TPSA) is 87.3 Å². The van der Waals surface area contributed by atoms with E-state index < -0.39 is 6.67 Å². The Morgan fingerprint density at radius 1 is 1.26 bits per heavy atom. The molecule has 1 saturated heterocycles. The van der Waals surface area contributed by atoms with Gasteiger partial charge >= 0.3 is 0 Å².